The number of pyridine rings is 1. The summed E-state index contributed by atoms with van der Waals surface area (Å²) in [5, 5.41) is 2.59. The van der Waals surface area contributed by atoms with Gasteiger partial charge >= 0.3 is 0 Å². The van der Waals surface area contributed by atoms with Crippen molar-refractivity contribution in [1.29, 1.82) is 0 Å². The first-order valence-corrected chi connectivity index (χ1v) is 6.23. The Morgan fingerprint density at radius 3 is 2.28 bits per heavy atom. The number of hydrogen-bond acceptors (Lipinski definition) is 3. The van der Waals surface area contributed by atoms with E-state index in [4.69, 9.17) is 4.74 Å². The van der Waals surface area contributed by atoms with E-state index in [1.165, 1.54) is 0 Å². The molecule has 0 atom stereocenters. The second kappa shape index (κ2) is 5.85. The molecular weight excluding hydrogens is 228 g/mol. The van der Waals surface area contributed by atoms with E-state index in [-0.39, 0.29) is 11.8 Å². The molecular formula is C14H22N2O2. The zero-order valence-electron chi connectivity index (χ0n) is 12.0. The van der Waals surface area contributed by atoms with Crippen molar-refractivity contribution >= 4 is 5.91 Å². The second-order valence-corrected chi connectivity index (χ2v) is 4.90. The second-order valence-electron chi connectivity index (χ2n) is 4.90. The number of carbonyl (C=O) groups is 1. The Labute approximate surface area is 109 Å². The molecule has 1 rings (SSSR count). The van der Waals surface area contributed by atoms with Crippen molar-refractivity contribution in [3.8, 4) is 5.75 Å². The molecule has 1 aromatic heterocycles. The molecule has 1 amide bonds. The van der Waals surface area contributed by atoms with Crippen molar-refractivity contribution in [2.45, 2.75) is 39.5 Å². The standard InChI is InChI=1S/C14H22N2O2/c1-8(2)10-7-11(18-6)13(14(17)15-5)16-12(10)9(3)4/h7-9H,1-6H3,(H,15,17). The topological polar surface area (TPSA) is 51.2 Å². The highest BCUT2D eigenvalue weighted by atomic mass is 16.5. The molecule has 0 fully saturated rings. The SMILES string of the molecule is CNC(=O)c1nc(C(C)C)c(C(C)C)cc1OC. The van der Waals surface area contributed by atoms with Crippen molar-refractivity contribution in [3.05, 3.63) is 23.0 Å². The average Bonchev–Trinajstić information content (AvgIpc) is 2.35. The minimum Gasteiger partial charge on any atom is -0.494 e. The Bertz CT molecular complexity index is 440. The van der Waals surface area contributed by atoms with Crippen LogP contribution in [0.2, 0.25) is 0 Å². The van der Waals surface area contributed by atoms with Crippen LogP contribution in [0.1, 0.15) is 61.3 Å². The number of ether oxygens (including phenoxy) is 1. The Hall–Kier alpha value is -1.58. The summed E-state index contributed by atoms with van der Waals surface area (Å²) in [7, 11) is 3.15. The Balaban J connectivity index is 3.46. The summed E-state index contributed by atoms with van der Waals surface area (Å²) in [6, 6.07) is 1.93. The van der Waals surface area contributed by atoms with Gasteiger partial charge in [-0.1, -0.05) is 27.7 Å². The number of hydrogen-bond donors (Lipinski definition) is 1. The third-order valence-electron chi connectivity index (χ3n) is 2.88. The third kappa shape index (κ3) is 2.81. The summed E-state index contributed by atoms with van der Waals surface area (Å²) < 4.78 is 5.27. The summed E-state index contributed by atoms with van der Waals surface area (Å²) in [4.78, 5) is 16.3. The van der Waals surface area contributed by atoms with Gasteiger partial charge in [0.1, 0.15) is 0 Å². The van der Waals surface area contributed by atoms with E-state index < -0.39 is 0 Å². The van der Waals surface area contributed by atoms with Crippen molar-refractivity contribution in [3.63, 3.8) is 0 Å². The molecule has 0 saturated carbocycles. The maximum Gasteiger partial charge on any atom is 0.273 e. The van der Waals surface area contributed by atoms with Gasteiger partial charge in [0.2, 0.25) is 0 Å². The van der Waals surface area contributed by atoms with Gasteiger partial charge in [0.15, 0.2) is 11.4 Å². The van der Waals surface area contributed by atoms with Crippen LogP contribution in [0.3, 0.4) is 0 Å². The molecule has 1 N–H and O–H groups in total. The highest BCUT2D eigenvalue weighted by Crippen LogP contribution is 2.30. The molecule has 1 heterocycles. The largest absolute Gasteiger partial charge is 0.494 e. The van der Waals surface area contributed by atoms with Gasteiger partial charge in [-0.05, 0) is 23.5 Å². The van der Waals surface area contributed by atoms with E-state index >= 15 is 0 Å². The molecule has 0 bridgehead atoms. The molecule has 0 aliphatic carbocycles. The number of rotatable bonds is 4. The van der Waals surface area contributed by atoms with Crippen LogP contribution >= 0.6 is 0 Å². The number of aromatic nitrogens is 1. The molecule has 4 heteroatoms. The number of carbonyl (C=O) groups excluding carboxylic acids is 1. The molecule has 18 heavy (non-hydrogen) atoms. The maximum absolute atomic E-state index is 11.8. The third-order valence-corrected chi connectivity index (χ3v) is 2.88. The van der Waals surface area contributed by atoms with E-state index in [1.807, 2.05) is 6.07 Å². The molecule has 4 nitrogen and oxygen atoms in total. The molecule has 0 unspecified atom stereocenters. The zero-order chi connectivity index (χ0) is 13.9. The van der Waals surface area contributed by atoms with Gasteiger partial charge in [0.05, 0.1) is 7.11 Å². The fourth-order valence-corrected chi connectivity index (χ4v) is 1.89. The summed E-state index contributed by atoms with van der Waals surface area (Å²) >= 11 is 0. The van der Waals surface area contributed by atoms with Gasteiger partial charge < -0.3 is 10.1 Å². The van der Waals surface area contributed by atoms with Crippen LogP contribution in [0.25, 0.3) is 0 Å². The van der Waals surface area contributed by atoms with E-state index in [0.29, 0.717) is 17.4 Å². The Morgan fingerprint density at radius 1 is 1.28 bits per heavy atom. The quantitative estimate of drug-likeness (QED) is 0.893. The lowest BCUT2D eigenvalue weighted by atomic mass is 9.94. The molecule has 0 aliphatic heterocycles. The number of methoxy groups -OCH3 is 1. The van der Waals surface area contributed by atoms with Crippen LogP contribution in [-0.4, -0.2) is 25.0 Å². The Morgan fingerprint density at radius 2 is 1.89 bits per heavy atom. The monoisotopic (exact) mass is 250 g/mol. The predicted molar refractivity (Wildman–Crippen MR) is 72.4 cm³/mol. The van der Waals surface area contributed by atoms with Crippen molar-refractivity contribution in [2.24, 2.45) is 0 Å². The molecule has 0 aromatic carbocycles. The van der Waals surface area contributed by atoms with Gasteiger partial charge in [-0.3, -0.25) is 4.79 Å². The lowest BCUT2D eigenvalue weighted by Gasteiger charge is -2.18. The average molecular weight is 250 g/mol. The lowest BCUT2D eigenvalue weighted by molar-refractivity contribution is 0.0954. The van der Waals surface area contributed by atoms with Gasteiger partial charge in [-0.2, -0.15) is 0 Å². The smallest absolute Gasteiger partial charge is 0.273 e. The van der Waals surface area contributed by atoms with E-state index in [2.05, 4.69) is 38.0 Å². The molecule has 0 radical (unpaired) electrons. The van der Waals surface area contributed by atoms with E-state index in [9.17, 15) is 4.79 Å². The van der Waals surface area contributed by atoms with Gasteiger partial charge in [-0.25, -0.2) is 4.98 Å². The first-order chi connectivity index (χ1) is 8.42. The maximum atomic E-state index is 11.8. The summed E-state index contributed by atoms with van der Waals surface area (Å²) in [6.07, 6.45) is 0. The Kier molecular flexibility index (Phi) is 4.70. The number of nitrogens with one attached hydrogen (secondary N) is 1. The zero-order valence-corrected chi connectivity index (χ0v) is 12.0. The first-order valence-electron chi connectivity index (χ1n) is 6.23. The summed E-state index contributed by atoms with van der Waals surface area (Å²) in [5.41, 5.74) is 2.45. The molecule has 0 spiro atoms. The molecule has 0 saturated heterocycles. The van der Waals surface area contributed by atoms with Crippen LogP contribution in [0.4, 0.5) is 0 Å². The number of nitrogens with zero attached hydrogens (tertiary/aromatic N) is 1. The van der Waals surface area contributed by atoms with Crippen molar-refractivity contribution in [2.75, 3.05) is 14.2 Å². The first kappa shape index (κ1) is 14.5. The molecule has 100 valence electrons. The molecule has 1 aromatic rings. The normalized spacial score (nSPS) is 10.9. The fourth-order valence-electron chi connectivity index (χ4n) is 1.89. The minimum absolute atomic E-state index is 0.218. The highest BCUT2D eigenvalue weighted by Gasteiger charge is 2.20. The van der Waals surface area contributed by atoms with Crippen LogP contribution in [0, 0.1) is 0 Å². The van der Waals surface area contributed by atoms with Crippen molar-refractivity contribution < 1.29 is 9.53 Å². The van der Waals surface area contributed by atoms with Gasteiger partial charge in [0.25, 0.3) is 5.91 Å². The summed E-state index contributed by atoms with van der Waals surface area (Å²) in [5.74, 6) is 0.936. The minimum atomic E-state index is -0.218. The lowest BCUT2D eigenvalue weighted by Crippen LogP contribution is -2.21. The van der Waals surface area contributed by atoms with Crippen molar-refractivity contribution in [1.82, 2.24) is 10.3 Å². The summed E-state index contributed by atoms with van der Waals surface area (Å²) in [6.45, 7) is 8.38. The van der Waals surface area contributed by atoms with Gasteiger partial charge in [0, 0.05) is 12.7 Å². The van der Waals surface area contributed by atoms with Crippen LogP contribution in [-0.2, 0) is 0 Å². The van der Waals surface area contributed by atoms with E-state index in [1.54, 1.807) is 14.2 Å². The van der Waals surface area contributed by atoms with Crippen LogP contribution < -0.4 is 10.1 Å². The number of amides is 1. The molecule has 0 aliphatic rings. The highest BCUT2D eigenvalue weighted by molar-refractivity contribution is 5.94. The van der Waals surface area contributed by atoms with Crippen LogP contribution in [0.15, 0.2) is 6.07 Å². The van der Waals surface area contributed by atoms with Gasteiger partial charge in [-0.15, -0.1) is 0 Å². The fraction of sp³-hybridized carbons (Fsp3) is 0.571. The predicted octanol–water partition coefficient (Wildman–Crippen LogP) is 2.70. The van der Waals surface area contributed by atoms with Crippen LogP contribution in [0.5, 0.6) is 5.75 Å². The van der Waals surface area contributed by atoms with E-state index in [0.717, 1.165) is 11.3 Å².